The summed E-state index contributed by atoms with van der Waals surface area (Å²) in [7, 11) is 1.64. The molecule has 144 valence electrons. The molecule has 0 aliphatic heterocycles. The first-order valence-corrected chi connectivity index (χ1v) is 9.46. The second kappa shape index (κ2) is 11.6. The Kier molecular flexibility index (Phi) is 9.04. The van der Waals surface area contributed by atoms with Crippen LogP contribution < -0.4 is 9.47 Å². The van der Waals surface area contributed by atoms with Crippen molar-refractivity contribution in [3.05, 3.63) is 29.8 Å². The maximum atomic E-state index is 11.6. The molecule has 5 nitrogen and oxygen atoms in total. The normalized spacial score (nSPS) is 15.2. The summed E-state index contributed by atoms with van der Waals surface area (Å²) in [5, 5.41) is 0. The molecule has 0 atom stereocenters. The molecule has 0 aromatic heterocycles. The van der Waals surface area contributed by atoms with Gasteiger partial charge in [0.1, 0.15) is 18.1 Å². The third kappa shape index (κ3) is 7.08. The average Bonchev–Trinajstić information content (AvgIpc) is 2.67. The van der Waals surface area contributed by atoms with Crippen LogP contribution in [-0.2, 0) is 14.3 Å². The number of carbonyl (C=O) groups is 1. The van der Waals surface area contributed by atoms with Crippen LogP contribution in [0.3, 0.4) is 0 Å². The Morgan fingerprint density at radius 3 is 2.69 bits per heavy atom. The molecule has 26 heavy (non-hydrogen) atoms. The molecule has 0 radical (unpaired) electrons. The van der Waals surface area contributed by atoms with Crippen molar-refractivity contribution in [1.29, 1.82) is 0 Å². The van der Waals surface area contributed by atoms with Crippen LogP contribution in [0.2, 0.25) is 0 Å². The van der Waals surface area contributed by atoms with Crippen molar-refractivity contribution in [2.45, 2.75) is 39.0 Å². The number of methoxy groups -OCH3 is 1. The zero-order valence-corrected chi connectivity index (χ0v) is 15.9. The minimum atomic E-state index is -0.355. The van der Waals surface area contributed by atoms with E-state index < -0.39 is 0 Å². The van der Waals surface area contributed by atoms with Gasteiger partial charge in [-0.2, -0.15) is 0 Å². The lowest BCUT2D eigenvalue weighted by Gasteiger charge is -2.22. The monoisotopic (exact) mass is 362 g/mol. The van der Waals surface area contributed by atoms with E-state index >= 15 is 0 Å². The van der Waals surface area contributed by atoms with Gasteiger partial charge < -0.3 is 18.9 Å². The predicted octanol–water partition coefficient (Wildman–Crippen LogP) is 4.25. The van der Waals surface area contributed by atoms with Crippen molar-refractivity contribution < 1.29 is 23.7 Å². The maximum absolute atomic E-state index is 11.6. The summed E-state index contributed by atoms with van der Waals surface area (Å²) in [6, 6.07) is 5.64. The van der Waals surface area contributed by atoms with Gasteiger partial charge in [0.2, 0.25) is 0 Å². The van der Waals surface area contributed by atoms with Crippen LogP contribution >= 0.6 is 0 Å². The van der Waals surface area contributed by atoms with Crippen LogP contribution in [0.15, 0.2) is 24.3 Å². The molecule has 0 amide bonds. The van der Waals surface area contributed by atoms with Crippen LogP contribution in [0.5, 0.6) is 11.5 Å². The number of hydrogen-bond acceptors (Lipinski definition) is 5. The molecule has 0 unspecified atom stereocenters. The van der Waals surface area contributed by atoms with E-state index in [1.807, 2.05) is 18.2 Å². The fourth-order valence-electron chi connectivity index (χ4n) is 3.02. The number of rotatable bonds is 10. The summed E-state index contributed by atoms with van der Waals surface area (Å²) in [6.07, 6.45) is 9.49. The van der Waals surface area contributed by atoms with E-state index in [0.717, 1.165) is 17.1 Å². The molecule has 1 aromatic rings. The first kappa shape index (κ1) is 20.3. The van der Waals surface area contributed by atoms with Gasteiger partial charge in [-0.3, -0.25) is 0 Å². The lowest BCUT2D eigenvalue weighted by atomic mass is 9.90. The number of carbonyl (C=O) groups excluding carboxylic acids is 1. The van der Waals surface area contributed by atoms with Crippen molar-refractivity contribution in [2.75, 3.05) is 33.5 Å². The molecule has 1 saturated carbocycles. The van der Waals surface area contributed by atoms with Crippen LogP contribution in [0.1, 0.15) is 44.6 Å². The molecule has 2 rings (SSSR count). The number of ether oxygens (including phenoxy) is 4. The van der Waals surface area contributed by atoms with Gasteiger partial charge in [-0.05, 0) is 43.9 Å². The molecule has 1 aliphatic rings. The third-order valence-corrected chi connectivity index (χ3v) is 4.43. The standard InChI is InChI=1S/C21H30O5/c1-3-24-21(22)12-10-18-9-11-19(25-14-13-23-2)15-20(18)26-16-17-7-5-4-6-8-17/h9-12,15,17H,3-8,13-14,16H2,1-2H3/b12-10+. The second-order valence-corrected chi connectivity index (χ2v) is 6.44. The van der Waals surface area contributed by atoms with Gasteiger partial charge in [0, 0.05) is 24.8 Å². The molecule has 0 N–H and O–H groups in total. The topological polar surface area (TPSA) is 54.0 Å². The first-order chi connectivity index (χ1) is 12.7. The number of hydrogen-bond donors (Lipinski definition) is 0. The molecule has 1 fully saturated rings. The Labute approximate surface area is 156 Å². The highest BCUT2D eigenvalue weighted by atomic mass is 16.5. The summed E-state index contributed by atoms with van der Waals surface area (Å²) in [4.78, 5) is 11.6. The molecule has 5 heteroatoms. The van der Waals surface area contributed by atoms with Gasteiger partial charge in [0.05, 0.1) is 19.8 Å². The van der Waals surface area contributed by atoms with Gasteiger partial charge in [-0.1, -0.05) is 19.3 Å². The highest BCUT2D eigenvalue weighted by Gasteiger charge is 2.15. The molecular weight excluding hydrogens is 332 g/mol. The summed E-state index contributed by atoms with van der Waals surface area (Å²) in [5.74, 6) is 1.70. The minimum absolute atomic E-state index is 0.355. The molecule has 0 heterocycles. The Morgan fingerprint density at radius 2 is 1.96 bits per heavy atom. The van der Waals surface area contributed by atoms with E-state index in [2.05, 4.69) is 0 Å². The van der Waals surface area contributed by atoms with E-state index in [4.69, 9.17) is 18.9 Å². The van der Waals surface area contributed by atoms with Gasteiger partial charge in [-0.25, -0.2) is 4.79 Å². The molecule has 0 bridgehead atoms. The van der Waals surface area contributed by atoms with Crippen molar-refractivity contribution in [1.82, 2.24) is 0 Å². The quantitative estimate of drug-likeness (QED) is 0.354. The zero-order valence-electron chi connectivity index (χ0n) is 15.9. The van der Waals surface area contributed by atoms with Crippen LogP contribution in [0, 0.1) is 5.92 Å². The smallest absolute Gasteiger partial charge is 0.330 e. The Hall–Kier alpha value is -2.01. The minimum Gasteiger partial charge on any atom is -0.493 e. The number of benzene rings is 1. The second-order valence-electron chi connectivity index (χ2n) is 6.44. The lowest BCUT2D eigenvalue weighted by Crippen LogP contribution is -2.15. The summed E-state index contributed by atoms with van der Waals surface area (Å²) in [6.45, 7) is 3.86. The summed E-state index contributed by atoms with van der Waals surface area (Å²) < 4.78 is 21.7. The molecule has 0 saturated heterocycles. The highest BCUT2D eigenvalue weighted by Crippen LogP contribution is 2.29. The van der Waals surface area contributed by atoms with E-state index in [1.165, 1.54) is 38.2 Å². The van der Waals surface area contributed by atoms with Crippen LogP contribution in [-0.4, -0.2) is 39.5 Å². The fourth-order valence-corrected chi connectivity index (χ4v) is 3.02. The third-order valence-electron chi connectivity index (χ3n) is 4.43. The summed E-state index contributed by atoms with van der Waals surface area (Å²) >= 11 is 0. The van der Waals surface area contributed by atoms with Crippen molar-refractivity contribution in [3.8, 4) is 11.5 Å². The Balaban J connectivity index is 2.06. The first-order valence-electron chi connectivity index (χ1n) is 9.46. The van der Waals surface area contributed by atoms with Crippen molar-refractivity contribution in [2.24, 2.45) is 5.92 Å². The zero-order chi connectivity index (χ0) is 18.6. The lowest BCUT2D eigenvalue weighted by molar-refractivity contribution is -0.137. The van der Waals surface area contributed by atoms with E-state index in [0.29, 0.717) is 32.3 Å². The number of esters is 1. The molecule has 0 spiro atoms. The Bertz CT molecular complexity index is 576. The fraction of sp³-hybridized carbons (Fsp3) is 0.571. The van der Waals surface area contributed by atoms with Crippen LogP contribution in [0.25, 0.3) is 6.08 Å². The van der Waals surface area contributed by atoms with Crippen LogP contribution in [0.4, 0.5) is 0 Å². The molecule has 1 aromatic carbocycles. The SMILES string of the molecule is CCOC(=O)/C=C/c1ccc(OCCOC)cc1OCC1CCCCC1. The Morgan fingerprint density at radius 1 is 1.15 bits per heavy atom. The van der Waals surface area contributed by atoms with Gasteiger partial charge in [-0.15, -0.1) is 0 Å². The summed E-state index contributed by atoms with van der Waals surface area (Å²) in [5.41, 5.74) is 0.841. The highest BCUT2D eigenvalue weighted by molar-refractivity contribution is 5.87. The molecular formula is C21H30O5. The van der Waals surface area contributed by atoms with Gasteiger partial charge in [0.15, 0.2) is 0 Å². The molecule has 1 aliphatic carbocycles. The largest absolute Gasteiger partial charge is 0.493 e. The van der Waals surface area contributed by atoms with E-state index in [1.54, 1.807) is 20.1 Å². The predicted molar refractivity (Wildman–Crippen MR) is 102 cm³/mol. The maximum Gasteiger partial charge on any atom is 0.330 e. The van der Waals surface area contributed by atoms with E-state index in [9.17, 15) is 4.79 Å². The van der Waals surface area contributed by atoms with Crippen molar-refractivity contribution in [3.63, 3.8) is 0 Å². The van der Waals surface area contributed by atoms with Gasteiger partial charge in [0.25, 0.3) is 0 Å². The van der Waals surface area contributed by atoms with Gasteiger partial charge >= 0.3 is 5.97 Å². The average molecular weight is 362 g/mol. The van der Waals surface area contributed by atoms with E-state index in [-0.39, 0.29) is 5.97 Å². The van der Waals surface area contributed by atoms with Crippen molar-refractivity contribution >= 4 is 12.0 Å².